The van der Waals surface area contributed by atoms with Crippen LogP contribution < -0.4 is 10.6 Å². The Morgan fingerprint density at radius 2 is 1.94 bits per heavy atom. The summed E-state index contributed by atoms with van der Waals surface area (Å²) >= 11 is 0. The highest BCUT2D eigenvalue weighted by Gasteiger charge is 2.04. The molecular formula is C15H19N3. The van der Waals surface area contributed by atoms with E-state index < -0.39 is 0 Å². The summed E-state index contributed by atoms with van der Waals surface area (Å²) in [7, 11) is 2.05. The van der Waals surface area contributed by atoms with E-state index in [2.05, 4.69) is 54.2 Å². The summed E-state index contributed by atoms with van der Waals surface area (Å²) in [6.07, 6.45) is 1.84. The third kappa shape index (κ3) is 3.08. The van der Waals surface area contributed by atoms with Crippen LogP contribution in [0.15, 0.2) is 42.6 Å². The molecule has 18 heavy (non-hydrogen) atoms. The minimum atomic E-state index is 0.584. The van der Waals surface area contributed by atoms with Gasteiger partial charge in [-0.1, -0.05) is 24.3 Å². The van der Waals surface area contributed by atoms with Gasteiger partial charge in [0.1, 0.15) is 5.82 Å². The van der Waals surface area contributed by atoms with Crippen LogP contribution in [0.3, 0.4) is 0 Å². The smallest absolute Gasteiger partial charge is 0.128 e. The Bertz CT molecular complexity index is 523. The van der Waals surface area contributed by atoms with Crippen LogP contribution in [0, 0.1) is 6.92 Å². The van der Waals surface area contributed by atoms with Crippen molar-refractivity contribution in [2.45, 2.75) is 20.0 Å². The molecular weight excluding hydrogens is 222 g/mol. The molecule has 2 rings (SSSR count). The van der Waals surface area contributed by atoms with Crippen molar-refractivity contribution >= 4 is 5.82 Å². The largest absolute Gasteiger partial charge is 0.355 e. The first-order valence-electron chi connectivity index (χ1n) is 6.10. The maximum absolute atomic E-state index is 5.65. The normalized spacial score (nSPS) is 10.4. The summed E-state index contributed by atoms with van der Waals surface area (Å²) in [5.41, 5.74) is 9.30. The van der Waals surface area contributed by atoms with E-state index in [0.717, 1.165) is 17.9 Å². The van der Waals surface area contributed by atoms with Crippen molar-refractivity contribution in [3.05, 3.63) is 59.3 Å². The van der Waals surface area contributed by atoms with Crippen LogP contribution in [0.4, 0.5) is 5.82 Å². The zero-order valence-electron chi connectivity index (χ0n) is 10.9. The van der Waals surface area contributed by atoms with Crippen LogP contribution in [0.2, 0.25) is 0 Å². The number of nitrogens with zero attached hydrogens (tertiary/aromatic N) is 2. The second-order valence-corrected chi connectivity index (χ2v) is 4.57. The van der Waals surface area contributed by atoms with Crippen molar-refractivity contribution in [1.29, 1.82) is 0 Å². The molecule has 2 N–H and O–H groups in total. The predicted octanol–water partition coefficient (Wildman–Crippen LogP) is 2.49. The van der Waals surface area contributed by atoms with E-state index >= 15 is 0 Å². The molecule has 0 atom stereocenters. The molecule has 3 nitrogen and oxygen atoms in total. The van der Waals surface area contributed by atoms with Gasteiger partial charge in [-0.25, -0.2) is 4.98 Å². The van der Waals surface area contributed by atoms with E-state index in [9.17, 15) is 0 Å². The van der Waals surface area contributed by atoms with E-state index in [1.807, 2.05) is 12.3 Å². The highest BCUT2D eigenvalue weighted by Crippen LogP contribution is 2.14. The monoisotopic (exact) mass is 241 g/mol. The Balaban J connectivity index is 2.13. The predicted molar refractivity (Wildman–Crippen MR) is 75.4 cm³/mol. The Kier molecular flexibility index (Phi) is 3.95. The van der Waals surface area contributed by atoms with Crippen LogP contribution in [0.25, 0.3) is 0 Å². The summed E-state index contributed by atoms with van der Waals surface area (Å²) in [6, 6.07) is 12.5. The molecule has 1 aromatic heterocycles. The number of aromatic nitrogens is 1. The second-order valence-electron chi connectivity index (χ2n) is 4.57. The summed E-state index contributed by atoms with van der Waals surface area (Å²) in [5.74, 6) is 0.994. The Morgan fingerprint density at radius 1 is 1.17 bits per heavy atom. The van der Waals surface area contributed by atoms with Gasteiger partial charge < -0.3 is 10.6 Å². The standard InChI is InChI=1S/C15H19N3/c1-12-6-7-17-15(8-12)18(2)11-14-5-3-4-13(9-14)10-16/h3-9H,10-11,16H2,1-2H3. The van der Waals surface area contributed by atoms with E-state index in [0.29, 0.717) is 6.54 Å². The van der Waals surface area contributed by atoms with E-state index in [4.69, 9.17) is 5.73 Å². The van der Waals surface area contributed by atoms with Crippen molar-refractivity contribution in [1.82, 2.24) is 4.98 Å². The molecule has 1 heterocycles. The van der Waals surface area contributed by atoms with Gasteiger partial charge in [0.25, 0.3) is 0 Å². The van der Waals surface area contributed by atoms with Gasteiger partial charge in [0.15, 0.2) is 0 Å². The second kappa shape index (κ2) is 5.65. The first-order valence-corrected chi connectivity index (χ1v) is 6.10. The topological polar surface area (TPSA) is 42.2 Å². The minimum Gasteiger partial charge on any atom is -0.355 e. The summed E-state index contributed by atoms with van der Waals surface area (Å²) in [4.78, 5) is 6.52. The lowest BCUT2D eigenvalue weighted by atomic mass is 10.1. The van der Waals surface area contributed by atoms with Crippen LogP contribution in [-0.2, 0) is 13.1 Å². The summed E-state index contributed by atoms with van der Waals surface area (Å²) in [5, 5.41) is 0. The third-order valence-electron chi connectivity index (χ3n) is 2.94. The lowest BCUT2D eigenvalue weighted by Crippen LogP contribution is -2.17. The highest BCUT2D eigenvalue weighted by atomic mass is 15.2. The van der Waals surface area contributed by atoms with Gasteiger partial charge >= 0.3 is 0 Å². The van der Waals surface area contributed by atoms with E-state index in [1.165, 1.54) is 11.1 Å². The van der Waals surface area contributed by atoms with Gasteiger partial charge in [0, 0.05) is 26.3 Å². The summed E-state index contributed by atoms with van der Waals surface area (Å²) < 4.78 is 0. The molecule has 0 unspecified atom stereocenters. The molecule has 0 aliphatic carbocycles. The van der Waals surface area contributed by atoms with Crippen LogP contribution in [0.5, 0.6) is 0 Å². The number of anilines is 1. The van der Waals surface area contributed by atoms with E-state index in [1.54, 1.807) is 0 Å². The number of aryl methyl sites for hydroxylation is 1. The van der Waals surface area contributed by atoms with Gasteiger partial charge in [-0.05, 0) is 35.7 Å². The molecule has 3 heteroatoms. The molecule has 94 valence electrons. The average Bonchev–Trinajstić information content (AvgIpc) is 2.39. The maximum atomic E-state index is 5.65. The van der Waals surface area contributed by atoms with Gasteiger partial charge in [-0.2, -0.15) is 0 Å². The van der Waals surface area contributed by atoms with Gasteiger partial charge in [-0.15, -0.1) is 0 Å². The molecule has 0 amide bonds. The molecule has 0 aliphatic rings. The number of nitrogens with two attached hydrogens (primary N) is 1. The number of pyridine rings is 1. The fraction of sp³-hybridized carbons (Fsp3) is 0.267. The van der Waals surface area contributed by atoms with Gasteiger partial charge in [-0.3, -0.25) is 0 Å². The maximum Gasteiger partial charge on any atom is 0.128 e. The molecule has 0 saturated carbocycles. The molecule has 0 aliphatic heterocycles. The number of hydrogen-bond acceptors (Lipinski definition) is 3. The Morgan fingerprint density at radius 3 is 2.67 bits per heavy atom. The SMILES string of the molecule is Cc1ccnc(N(C)Cc2cccc(CN)c2)c1. The zero-order chi connectivity index (χ0) is 13.0. The number of hydrogen-bond donors (Lipinski definition) is 1. The molecule has 0 saturated heterocycles. The first kappa shape index (κ1) is 12.6. The lowest BCUT2D eigenvalue weighted by molar-refractivity contribution is 0.892. The minimum absolute atomic E-state index is 0.584. The molecule has 1 aromatic carbocycles. The number of benzene rings is 1. The van der Waals surface area contributed by atoms with Crippen LogP contribution >= 0.6 is 0 Å². The van der Waals surface area contributed by atoms with E-state index in [-0.39, 0.29) is 0 Å². The highest BCUT2D eigenvalue weighted by molar-refractivity contribution is 5.41. The fourth-order valence-corrected chi connectivity index (χ4v) is 1.94. The molecule has 0 spiro atoms. The van der Waals surface area contributed by atoms with Gasteiger partial charge in [0.2, 0.25) is 0 Å². The lowest BCUT2D eigenvalue weighted by Gasteiger charge is -2.18. The van der Waals surface area contributed by atoms with Crippen molar-refractivity contribution in [2.75, 3.05) is 11.9 Å². The van der Waals surface area contributed by atoms with Crippen molar-refractivity contribution in [2.24, 2.45) is 5.73 Å². The van der Waals surface area contributed by atoms with Crippen molar-refractivity contribution < 1.29 is 0 Å². The zero-order valence-corrected chi connectivity index (χ0v) is 10.9. The molecule has 0 bridgehead atoms. The quantitative estimate of drug-likeness (QED) is 0.894. The average molecular weight is 241 g/mol. The van der Waals surface area contributed by atoms with Crippen LogP contribution in [-0.4, -0.2) is 12.0 Å². The third-order valence-corrected chi connectivity index (χ3v) is 2.94. The molecule has 0 radical (unpaired) electrons. The molecule has 0 fully saturated rings. The fourth-order valence-electron chi connectivity index (χ4n) is 1.94. The van der Waals surface area contributed by atoms with Crippen LogP contribution in [0.1, 0.15) is 16.7 Å². The first-order chi connectivity index (χ1) is 8.69. The van der Waals surface area contributed by atoms with Crippen molar-refractivity contribution in [3.8, 4) is 0 Å². The number of rotatable bonds is 4. The summed E-state index contributed by atoms with van der Waals surface area (Å²) in [6.45, 7) is 3.50. The van der Waals surface area contributed by atoms with Crippen molar-refractivity contribution in [3.63, 3.8) is 0 Å². The van der Waals surface area contributed by atoms with Gasteiger partial charge in [0.05, 0.1) is 0 Å². The molecule has 2 aromatic rings. The Labute approximate surface area is 108 Å². The Hall–Kier alpha value is -1.87.